The Kier molecular flexibility index (Phi) is 9.47. The molecule has 0 radical (unpaired) electrons. The Bertz CT molecular complexity index is 1160. The van der Waals surface area contributed by atoms with Crippen LogP contribution in [0, 0.1) is 5.82 Å². The van der Waals surface area contributed by atoms with E-state index in [0.29, 0.717) is 28.9 Å². The largest absolute Gasteiger partial charge is 0.462 e. The number of hydrogen-bond acceptors (Lipinski definition) is 8. The van der Waals surface area contributed by atoms with Crippen LogP contribution in [-0.4, -0.2) is 60.3 Å². The summed E-state index contributed by atoms with van der Waals surface area (Å²) in [5.74, 6) is -4.19. The van der Waals surface area contributed by atoms with Crippen LogP contribution >= 0.6 is 0 Å². The molecule has 0 aliphatic carbocycles. The van der Waals surface area contributed by atoms with Gasteiger partial charge >= 0.3 is 5.97 Å². The summed E-state index contributed by atoms with van der Waals surface area (Å²) >= 11 is 0. The predicted octanol–water partition coefficient (Wildman–Crippen LogP) is 3.23. The fourth-order valence-corrected chi connectivity index (χ4v) is 3.59. The molecule has 0 atom stereocenters. The van der Waals surface area contributed by atoms with E-state index in [1.165, 1.54) is 19.2 Å². The number of allylic oxidation sites excluding steroid dienone is 1. The first kappa shape index (κ1) is 28.3. The summed E-state index contributed by atoms with van der Waals surface area (Å²) in [6.07, 6.45) is 5.05. The molecular formula is C24H32FN3O6S. The number of unbranched alkanes of at least 4 members (excludes halogenated alkanes) is 1. The maximum atomic E-state index is 13.6. The Balaban J connectivity index is 2.45. The molecule has 0 aliphatic rings. The number of sulfonamides is 1. The van der Waals surface area contributed by atoms with Gasteiger partial charge in [-0.1, -0.05) is 26.0 Å². The summed E-state index contributed by atoms with van der Waals surface area (Å²) in [5, 5.41) is 19.7. The second kappa shape index (κ2) is 11.7. The van der Waals surface area contributed by atoms with Gasteiger partial charge < -0.3 is 14.9 Å². The van der Waals surface area contributed by atoms with Crippen LogP contribution in [0.5, 0.6) is 0 Å². The van der Waals surface area contributed by atoms with Gasteiger partial charge in [0.15, 0.2) is 0 Å². The molecule has 0 spiro atoms. The van der Waals surface area contributed by atoms with Gasteiger partial charge in [0.05, 0.1) is 24.3 Å². The van der Waals surface area contributed by atoms with Gasteiger partial charge in [0.2, 0.25) is 16.0 Å². The molecule has 0 bridgehead atoms. The number of ether oxygens (including phenoxy) is 1. The van der Waals surface area contributed by atoms with Crippen molar-refractivity contribution >= 4 is 28.0 Å². The van der Waals surface area contributed by atoms with Crippen LogP contribution in [-0.2, 0) is 19.6 Å². The maximum Gasteiger partial charge on any atom is 0.366 e. The number of hydrogen-bond donors (Lipinski definition) is 2. The van der Waals surface area contributed by atoms with Gasteiger partial charge in [0.1, 0.15) is 5.82 Å². The fourth-order valence-electron chi connectivity index (χ4n) is 3.21. The van der Waals surface area contributed by atoms with E-state index in [1.54, 1.807) is 31.2 Å². The molecule has 0 saturated carbocycles. The first-order valence-corrected chi connectivity index (χ1v) is 13.0. The van der Waals surface area contributed by atoms with E-state index in [0.717, 1.165) is 10.6 Å². The van der Waals surface area contributed by atoms with Crippen LogP contribution in [0.3, 0.4) is 0 Å². The third-order valence-corrected chi connectivity index (χ3v) is 6.35. The highest BCUT2D eigenvalue weighted by Gasteiger charge is 2.34. The lowest BCUT2D eigenvalue weighted by molar-refractivity contribution is -0.211. The van der Waals surface area contributed by atoms with Gasteiger partial charge in [-0.25, -0.2) is 31.9 Å². The van der Waals surface area contributed by atoms with E-state index >= 15 is 0 Å². The Morgan fingerprint density at radius 2 is 1.86 bits per heavy atom. The normalized spacial score (nSPS) is 12.4. The van der Waals surface area contributed by atoms with E-state index in [4.69, 9.17) is 0 Å². The minimum absolute atomic E-state index is 0.00699. The van der Waals surface area contributed by atoms with Crippen molar-refractivity contribution in [2.75, 3.05) is 24.2 Å². The lowest BCUT2D eigenvalue weighted by Gasteiger charge is -2.20. The van der Waals surface area contributed by atoms with E-state index in [2.05, 4.69) is 14.7 Å². The molecule has 35 heavy (non-hydrogen) atoms. The van der Waals surface area contributed by atoms with Crippen LogP contribution in [0.2, 0.25) is 0 Å². The number of halogens is 1. The first-order chi connectivity index (χ1) is 16.3. The number of nitrogens with zero attached hydrogens (tertiary/aromatic N) is 3. The third-order valence-electron chi connectivity index (χ3n) is 5.19. The Morgan fingerprint density at radius 3 is 2.40 bits per heavy atom. The second-order valence-corrected chi connectivity index (χ2v) is 10.4. The van der Waals surface area contributed by atoms with Crippen molar-refractivity contribution in [2.24, 2.45) is 0 Å². The monoisotopic (exact) mass is 509 g/mol. The Labute approximate surface area is 205 Å². The van der Waals surface area contributed by atoms with Crippen LogP contribution in [0.1, 0.15) is 57.2 Å². The number of carbonyl (C=O) groups excluding carboxylic acids is 1. The molecule has 0 saturated heterocycles. The zero-order valence-corrected chi connectivity index (χ0v) is 21.3. The molecule has 0 amide bonds. The first-order valence-electron chi connectivity index (χ1n) is 11.2. The van der Waals surface area contributed by atoms with E-state index in [9.17, 15) is 27.8 Å². The highest BCUT2D eigenvalue weighted by Crippen LogP contribution is 2.31. The van der Waals surface area contributed by atoms with Crippen LogP contribution in [0.25, 0.3) is 17.3 Å². The molecule has 1 heterocycles. The standard InChI is InChI=1S/C24H32FN3O6S/c1-6-34-22(29)24(30,31)15-9-7-8-10-19-20(16(2)3)26-23(28(4)35(5,32)33)27-21(19)17-11-13-18(25)14-12-17/h8,10-14,16,30-31H,6-7,9,15H2,1-5H3/b10-8+. The number of aliphatic hydroxyl groups is 2. The highest BCUT2D eigenvalue weighted by molar-refractivity contribution is 7.92. The zero-order valence-electron chi connectivity index (χ0n) is 20.5. The topological polar surface area (TPSA) is 130 Å². The number of benzene rings is 1. The van der Waals surface area contributed by atoms with Crippen molar-refractivity contribution in [3.05, 3.63) is 47.4 Å². The van der Waals surface area contributed by atoms with Gasteiger partial charge in [0.25, 0.3) is 5.79 Å². The number of anilines is 1. The molecule has 0 unspecified atom stereocenters. The SMILES string of the molecule is CCOC(=O)C(O)(O)CCC/C=C/c1c(-c2ccc(F)cc2)nc(N(C)S(C)(=O)=O)nc1C(C)C. The highest BCUT2D eigenvalue weighted by atomic mass is 32.2. The van der Waals surface area contributed by atoms with Crippen molar-refractivity contribution in [1.29, 1.82) is 0 Å². The van der Waals surface area contributed by atoms with Gasteiger partial charge in [-0.15, -0.1) is 0 Å². The van der Waals surface area contributed by atoms with Gasteiger partial charge in [-0.3, -0.25) is 0 Å². The molecule has 2 aromatic rings. The summed E-state index contributed by atoms with van der Waals surface area (Å²) in [4.78, 5) is 20.6. The molecule has 11 heteroatoms. The fraction of sp³-hybridized carbons (Fsp3) is 0.458. The Morgan fingerprint density at radius 1 is 1.23 bits per heavy atom. The maximum absolute atomic E-state index is 13.6. The molecule has 0 fully saturated rings. The second-order valence-electron chi connectivity index (χ2n) is 8.39. The van der Waals surface area contributed by atoms with Crippen molar-refractivity contribution in [3.8, 4) is 11.3 Å². The predicted molar refractivity (Wildman–Crippen MR) is 131 cm³/mol. The zero-order chi connectivity index (χ0) is 26.4. The van der Waals surface area contributed by atoms with Gasteiger partial charge in [-0.2, -0.15) is 0 Å². The average Bonchev–Trinajstić information content (AvgIpc) is 2.78. The van der Waals surface area contributed by atoms with Crippen molar-refractivity contribution in [1.82, 2.24) is 9.97 Å². The minimum Gasteiger partial charge on any atom is -0.462 e. The third kappa shape index (κ3) is 7.55. The quantitative estimate of drug-likeness (QED) is 0.268. The summed E-state index contributed by atoms with van der Waals surface area (Å²) in [5.41, 5.74) is 2.22. The van der Waals surface area contributed by atoms with E-state index in [-0.39, 0.29) is 31.3 Å². The lowest BCUT2D eigenvalue weighted by atomic mass is 9.97. The number of rotatable bonds is 11. The van der Waals surface area contributed by atoms with Crippen molar-refractivity contribution in [3.63, 3.8) is 0 Å². The molecule has 192 valence electrons. The number of carbonyl (C=O) groups is 1. The van der Waals surface area contributed by atoms with Crippen LogP contribution in [0.4, 0.5) is 10.3 Å². The smallest absolute Gasteiger partial charge is 0.366 e. The van der Waals surface area contributed by atoms with Crippen LogP contribution < -0.4 is 4.31 Å². The van der Waals surface area contributed by atoms with Crippen LogP contribution in [0.15, 0.2) is 30.3 Å². The molecule has 9 nitrogen and oxygen atoms in total. The summed E-state index contributed by atoms with van der Waals surface area (Å²) in [6.45, 7) is 5.42. The van der Waals surface area contributed by atoms with Gasteiger partial charge in [0, 0.05) is 24.6 Å². The Hall–Kier alpha value is -2.89. The minimum atomic E-state index is -3.62. The summed E-state index contributed by atoms with van der Waals surface area (Å²) in [6, 6.07) is 5.68. The van der Waals surface area contributed by atoms with Crippen molar-refractivity contribution in [2.45, 2.75) is 51.7 Å². The molecule has 1 aromatic carbocycles. The number of aromatic nitrogens is 2. The van der Waals surface area contributed by atoms with E-state index < -0.39 is 27.6 Å². The molecule has 2 N–H and O–H groups in total. The molecular weight excluding hydrogens is 477 g/mol. The lowest BCUT2D eigenvalue weighted by Crippen LogP contribution is -2.39. The molecule has 2 rings (SSSR count). The molecule has 1 aromatic heterocycles. The summed E-state index contributed by atoms with van der Waals surface area (Å²) < 4.78 is 43.4. The van der Waals surface area contributed by atoms with Crippen molar-refractivity contribution < 1.29 is 32.6 Å². The summed E-state index contributed by atoms with van der Waals surface area (Å²) in [7, 11) is -2.26. The van der Waals surface area contributed by atoms with E-state index in [1.807, 2.05) is 13.8 Å². The average molecular weight is 510 g/mol. The van der Waals surface area contributed by atoms with Gasteiger partial charge in [-0.05, 0) is 49.9 Å². The molecule has 0 aliphatic heterocycles. The number of esters is 1.